The Balaban J connectivity index is 1.48. The molecule has 8 nitrogen and oxygen atoms in total. The lowest BCUT2D eigenvalue weighted by molar-refractivity contribution is -0.145. The highest BCUT2D eigenvalue weighted by Gasteiger charge is 2.40. The van der Waals surface area contributed by atoms with Crippen molar-refractivity contribution in [3.05, 3.63) is 93.2 Å². The number of pyridine rings is 1. The molecular formula is C29H32FN3O5. The molecule has 0 radical (unpaired) electrons. The first-order valence-electron chi connectivity index (χ1n) is 12.5. The Kier molecular flexibility index (Phi) is 7.97. The summed E-state index contributed by atoms with van der Waals surface area (Å²) in [5.74, 6) is -0.531. The molecule has 3 N–H and O–H groups in total. The molecule has 0 unspecified atom stereocenters. The van der Waals surface area contributed by atoms with Crippen LogP contribution in [-0.4, -0.2) is 42.7 Å². The van der Waals surface area contributed by atoms with E-state index in [0.717, 1.165) is 11.1 Å². The normalized spacial score (nSPS) is 14.6. The van der Waals surface area contributed by atoms with Crippen molar-refractivity contribution >= 4 is 17.6 Å². The molecule has 0 saturated heterocycles. The minimum Gasteiger partial charge on any atom is -0.482 e. The number of hydrogen-bond donors (Lipinski definition) is 2. The summed E-state index contributed by atoms with van der Waals surface area (Å²) in [7, 11) is 0. The number of carbonyl (C=O) groups is 2. The van der Waals surface area contributed by atoms with E-state index in [1.54, 1.807) is 54.3 Å². The van der Waals surface area contributed by atoms with Gasteiger partial charge in [0.05, 0.1) is 18.3 Å². The Hall–Kier alpha value is -3.98. The number of esters is 1. The number of ether oxygens (including phenoxy) is 2. The molecule has 1 atom stereocenters. The van der Waals surface area contributed by atoms with Crippen LogP contribution in [0.4, 0.5) is 10.1 Å². The van der Waals surface area contributed by atoms with E-state index >= 15 is 0 Å². The molecule has 200 valence electrons. The van der Waals surface area contributed by atoms with Crippen LogP contribution < -0.4 is 20.9 Å². The molecule has 0 saturated carbocycles. The van der Waals surface area contributed by atoms with Crippen molar-refractivity contribution in [1.29, 1.82) is 0 Å². The Bertz CT molecular complexity index is 1370. The number of H-pyrrole nitrogens is 1. The van der Waals surface area contributed by atoms with E-state index < -0.39 is 17.4 Å². The number of nitrogens with zero attached hydrogens (tertiary/aromatic N) is 1. The minimum atomic E-state index is -0.810. The number of nitrogens with two attached hydrogens (primary N) is 1. The maximum Gasteiger partial charge on any atom is 0.344 e. The van der Waals surface area contributed by atoms with Gasteiger partial charge in [0.2, 0.25) is 5.91 Å². The Morgan fingerprint density at radius 2 is 1.76 bits per heavy atom. The Morgan fingerprint density at radius 1 is 1.11 bits per heavy atom. The largest absolute Gasteiger partial charge is 0.482 e. The summed E-state index contributed by atoms with van der Waals surface area (Å²) in [5, 5.41) is 0. The van der Waals surface area contributed by atoms with Crippen LogP contribution in [0.25, 0.3) is 0 Å². The molecule has 0 aliphatic carbocycles. The summed E-state index contributed by atoms with van der Waals surface area (Å²) in [6.07, 6.45) is 0.608. The second kappa shape index (κ2) is 11.2. The molecular weight excluding hydrogens is 489 g/mol. The van der Waals surface area contributed by atoms with Gasteiger partial charge in [-0.15, -0.1) is 0 Å². The molecule has 0 fully saturated rings. The van der Waals surface area contributed by atoms with Crippen molar-refractivity contribution in [2.75, 3.05) is 24.7 Å². The van der Waals surface area contributed by atoms with E-state index in [0.29, 0.717) is 42.1 Å². The average molecular weight is 522 g/mol. The lowest BCUT2D eigenvalue weighted by Gasteiger charge is -2.23. The zero-order valence-corrected chi connectivity index (χ0v) is 21.8. The first-order valence-corrected chi connectivity index (χ1v) is 12.5. The van der Waals surface area contributed by atoms with Crippen molar-refractivity contribution in [2.45, 2.75) is 45.1 Å². The highest BCUT2D eigenvalue weighted by atomic mass is 19.1. The van der Waals surface area contributed by atoms with E-state index in [2.05, 4.69) is 4.98 Å². The summed E-state index contributed by atoms with van der Waals surface area (Å²) < 4.78 is 23.6. The maximum absolute atomic E-state index is 13.5. The molecule has 9 heteroatoms. The van der Waals surface area contributed by atoms with Crippen LogP contribution in [0.2, 0.25) is 0 Å². The quantitative estimate of drug-likeness (QED) is 0.418. The highest BCUT2D eigenvalue weighted by molar-refractivity contribution is 5.99. The summed E-state index contributed by atoms with van der Waals surface area (Å²) >= 11 is 0. The fraction of sp³-hybridized carbons (Fsp3) is 0.345. The molecule has 1 amide bonds. The predicted molar refractivity (Wildman–Crippen MR) is 142 cm³/mol. The molecule has 2 heterocycles. The summed E-state index contributed by atoms with van der Waals surface area (Å²) in [4.78, 5) is 42.4. The van der Waals surface area contributed by atoms with Gasteiger partial charge in [-0.1, -0.05) is 38.1 Å². The molecule has 38 heavy (non-hydrogen) atoms. The van der Waals surface area contributed by atoms with Crippen LogP contribution in [-0.2, 0) is 32.6 Å². The van der Waals surface area contributed by atoms with Crippen molar-refractivity contribution in [3.63, 3.8) is 0 Å². The molecule has 0 bridgehead atoms. The lowest BCUT2D eigenvalue weighted by Crippen LogP contribution is -2.46. The Morgan fingerprint density at radius 3 is 2.42 bits per heavy atom. The molecule has 1 aliphatic rings. The zero-order chi connectivity index (χ0) is 27.4. The first-order chi connectivity index (χ1) is 18.1. The number of carbonyl (C=O) groups excluding carboxylic acids is 2. The number of aromatic nitrogens is 1. The topological polar surface area (TPSA) is 115 Å². The number of hydrogen-bond acceptors (Lipinski definition) is 6. The fourth-order valence-electron chi connectivity index (χ4n) is 4.61. The minimum absolute atomic E-state index is 0.180. The van der Waals surface area contributed by atoms with Crippen LogP contribution in [0.5, 0.6) is 5.75 Å². The smallest absolute Gasteiger partial charge is 0.344 e. The summed E-state index contributed by atoms with van der Waals surface area (Å²) in [6, 6.07) is 13.9. The van der Waals surface area contributed by atoms with E-state index in [9.17, 15) is 18.8 Å². The number of aromatic amines is 1. The van der Waals surface area contributed by atoms with Gasteiger partial charge >= 0.3 is 5.97 Å². The van der Waals surface area contributed by atoms with Gasteiger partial charge in [-0.25, -0.2) is 9.18 Å². The van der Waals surface area contributed by atoms with Crippen molar-refractivity contribution in [3.8, 4) is 5.75 Å². The average Bonchev–Trinajstić information content (AvgIpc) is 3.14. The van der Waals surface area contributed by atoms with Crippen LogP contribution >= 0.6 is 0 Å². The van der Waals surface area contributed by atoms with Gasteiger partial charge in [0.1, 0.15) is 11.6 Å². The summed E-state index contributed by atoms with van der Waals surface area (Å²) in [5.41, 5.74) is 9.10. The first kappa shape index (κ1) is 27.1. The van der Waals surface area contributed by atoms with Crippen molar-refractivity contribution in [1.82, 2.24) is 4.98 Å². The number of anilines is 1. The third-order valence-corrected chi connectivity index (χ3v) is 6.55. The monoisotopic (exact) mass is 521 g/mol. The molecule has 2 aromatic carbocycles. The van der Waals surface area contributed by atoms with Crippen LogP contribution in [0, 0.1) is 5.82 Å². The predicted octanol–water partition coefficient (Wildman–Crippen LogP) is 3.24. The molecule has 4 rings (SSSR count). The number of nitrogens with one attached hydrogen (secondary N) is 1. The number of fused-ring (bicyclic) bond motifs is 1. The van der Waals surface area contributed by atoms with E-state index in [4.69, 9.17) is 15.2 Å². The maximum atomic E-state index is 13.5. The van der Waals surface area contributed by atoms with Crippen molar-refractivity contribution in [2.24, 2.45) is 5.73 Å². The van der Waals surface area contributed by atoms with Gasteiger partial charge in [-0.05, 0) is 54.8 Å². The van der Waals surface area contributed by atoms with Crippen LogP contribution in [0.1, 0.15) is 43.2 Å². The lowest BCUT2D eigenvalue weighted by atomic mass is 9.91. The van der Waals surface area contributed by atoms with Gasteiger partial charge in [0.15, 0.2) is 6.61 Å². The number of halogens is 1. The molecule has 3 aromatic rings. The molecule has 0 spiro atoms. The summed E-state index contributed by atoms with van der Waals surface area (Å²) in [6.45, 7) is 6.15. The van der Waals surface area contributed by atoms with E-state index in [-0.39, 0.29) is 30.5 Å². The third kappa shape index (κ3) is 6.11. The van der Waals surface area contributed by atoms with Gasteiger partial charge < -0.3 is 25.1 Å². The van der Waals surface area contributed by atoms with E-state index in [1.165, 1.54) is 12.1 Å². The van der Waals surface area contributed by atoms with Gasteiger partial charge in [0.25, 0.3) is 5.56 Å². The van der Waals surface area contributed by atoms with E-state index in [1.807, 2.05) is 13.8 Å². The van der Waals surface area contributed by atoms with Crippen LogP contribution in [0.15, 0.2) is 59.4 Å². The van der Waals surface area contributed by atoms with Crippen molar-refractivity contribution < 1.29 is 23.5 Å². The highest BCUT2D eigenvalue weighted by Crippen LogP contribution is 2.39. The SMILES string of the molecule is CCOC(=O)COc1ccc(C[C@H](N)C(=O)N2CC(C)(C)c3[nH]c(=O)c(Cc4ccc(F)cc4)cc32)cc1. The third-order valence-electron chi connectivity index (χ3n) is 6.55. The van der Waals surface area contributed by atoms with Crippen LogP contribution in [0.3, 0.4) is 0 Å². The van der Waals surface area contributed by atoms with Gasteiger partial charge in [-0.3, -0.25) is 9.59 Å². The number of benzene rings is 2. The fourth-order valence-corrected chi connectivity index (χ4v) is 4.61. The molecule has 1 aromatic heterocycles. The standard InChI is InChI=1S/C29H32FN3O5/c1-4-37-25(34)16-38-22-11-7-19(8-12-22)14-23(31)28(36)33-17-29(2,3)26-24(33)15-20(27(35)32-26)13-18-5-9-21(30)10-6-18/h5-12,15,23H,4,13-14,16-17,31H2,1-3H3,(H,32,35)/t23-/m0/s1. The molecule has 1 aliphatic heterocycles. The second-order valence-corrected chi connectivity index (χ2v) is 10.0. The zero-order valence-electron chi connectivity index (χ0n) is 21.8. The number of rotatable bonds is 9. The Labute approximate surface area is 220 Å². The number of amides is 1. The van der Waals surface area contributed by atoms with Gasteiger partial charge in [0, 0.05) is 29.6 Å². The van der Waals surface area contributed by atoms with Gasteiger partial charge in [-0.2, -0.15) is 0 Å². The second-order valence-electron chi connectivity index (χ2n) is 10.0.